The molecule has 0 fully saturated rings. The van der Waals surface area contributed by atoms with Crippen LogP contribution in [0.4, 0.5) is 23.9 Å². The highest BCUT2D eigenvalue weighted by Gasteiger charge is 2.34. The minimum Gasteiger partial charge on any atom is -0.326 e. The van der Waals surface area contributed by atoms with E-state index in [1.54, 1.807) is 5.38 Å². The third-order valence-electron chi connectivity index (χ3n) is 4.61. The maximum atomic E-state index is 13.0. The number of halogens is 4. The summed E-state index contributed by atoms with van der Waals surface area (Å²) in [6.45, 7) is 0. The Morgan fingerprint density at radius 1 is 1.37 bits per heavy atom. The molecule has 0 aliphatic carbocycles. The second-order valence-electron chi connectivity index (χ2n) is 6.63. The largest absolute Gasteiger partial charge is 0.416 e. The maximum Gasteiger partial charge on any atom is 0.416 e. The van der Waals surface area contributed by atoms with E-state index in [2.05, 4.69) is 41.7 Å². The van der Waals surface area contributed by atoms with Gasteiger partial charge in [-0.05, 0) is 46.1 Å². The van der Waals surface area contributed by atoms with Crippen molar-refractivity contribution in [1.82, 2.24) is 15.2 Å². The van der Waals surface area contributed by atoms with Crippen molar-refractivity contribution in [2.75, 3.05) is 10.6 Å². The highest BCUT2D eigenvalue weighted by atomic mass is 79.9. The number of anilines is 2. The molecule has 30 heavy (non-hydrogen) atoms. The van der Waals surface area contributed by atoms with E-state index in [9.17, 15) is 22.8 Å². The molecular formula is C18H13BrF3N5O2S. The molecule has 7 nitrogen and oxygen atoms in total. The third kappa shape index (κ3) is 4.10. The number of fused-ring (bicyclic) bond motifs is 1. The van der Waals surface area contributed by atoms with Crippen LogP contribution in [0.25, 0.3) is 11.4 Å². The van der Waals surface area contributed by atoms with E-state index in [0.717, 1.165) is 12.1 Å². The van der Waals surface area contributed by atoms with E-state index in [1.807, 2.05) is 0 Å². The van der Waals surface area contributed by atoms with Crippen LogP contribution < -0.4 is 10.6 Å². The monoisotopic (exact) mass is 499 g/mol. The molecule has 156 valence electrons. The number of H-pyrrole nitrogens is 1. The maximum absolute atomic E-state index is 13.0. The highest BCUT2D eigenvalue weighted by molar-refractivity contribution is 9.10. The zero-order valence-corrected chi connectivity index (χ0v) is 17.4. The molecule has 3 N–H and O–H groups in total. The van der Waals surface area contributed by atoms with E-state index >= 15 is 0 Å². The fourth-order valence-electron chi connectivity index (χ4n) is 3.20. The molecule has 0 bridgehead atoms. The second kappa shape index (κ2) is 7.84. The average Bonchev–Trinajstić information content (AvgIpc) is 3.31. The van der Waals surface area contributed by atoms with Crippen LogP contribution in [-0.2, 0) is 22.2 Å². The van der Waals surface area contributed by atoms with E-state index in [4.69, 9.17) is 0 Å². The zero-order valence-electron chi connectivity index (χ0n) is 15.0. The minimum absolute atomic E-state index is 0.0433. The van der Waals surface area contributed by atoms with Gasteiger partial charge in [0, 0.05) is 22.0 Å². The first-order valence-electron chi connectivity index (χ1n) is 8.66. The minimum atomic E-state index is -4.48. The number of amides is 2. The lowest BCUT2D eigenvalue weighted by Crippen LogP contribution is -2.33. The highest BCUT2D eigenvalue weighted by Crippen LogP contribution is 2.39. The van der Waals surface area contributed by atoms with E-state index in [1.165, 1.54) is 23.7 Å². The molecule has 1 aliphatic rings. The quantitative estimate of drug-likeness (QED) is 0.493. The van der Waals surface area contributed by atoms with Crippen molar-refractivity contribution < 1.29 is 22.8 Å². The Bertz CT molecular complexity index is 1110. The molecule has 0 radical (unpaired) electrons. The standard InChI is InChI=1S/C18H13BrF3N5O2S/c19-11-6-30-17(14(11)15-23-7-24-27-15)26-13(28)5-9-3-8-4-10(18(20,21)22)1-2-12(8)25-16(9)29/h1-2,4,6-7,9H,3,5H2,(H,25,29)(H,26,28)(H,23,24,27). The number of aromatic amines is 1. The fraction of sp³-hybridized carbons (Fsp3) is 0.222. The smallest absolute Gasteiger partial charge is 0.326 e. The molecule has 4 rings (SSSR count). The van der Waals surface area contributed by atoms with Crippen LogP contribution >= 0.6 is 27.3 Å². The number of nitrogens with one attached hydrogen (secondary N) is 3. The molecule has 1 atom stereocenters. The lowest BCUT2D eigenvalue weighted by molar-refractivity contribution is -0.137. The number of aromatic nitrogens is 3. The summed E-state index contributed by atoms with van der Waals surface area (Å²) in [5, 5.41) is 14.1. The van der Waals surface area contributed by atoms with Gasteiger partial charge in [-0.2, -0.15) is 18.3 Å². The molecule has 1 aromatic carbocycles. The van der Waals surface area contributed by atoms with Crippen LogP contribution in [0.1, 0.15) is 17.5 Å². The lowest BCUT2D eigenvalue weighted by Gasteiger charge is -2.25. The molecule has 12 heteroatoms. The molecule has 2 aromatic heterocycles. The number of hydrogen-bond donors (Lipinski definition) is 3. The number of carbonyl (C=O) groups is 2. The number of hydrogen-bond acceptors (Lipinski definition) is 5. The van der Waals surface area contributed by atoms with Crippen molar-refractivity contribution >= 4 is 49.8 Å². The predicted molar refractivity (Wildman–Crippen MR) is 108 cm³/mol. The van der Waals surface area contributed by atoms with Gasteiger partial charge in [-0.3, -0.25) is 14.7 Å². The van der Waals surface area contributed by atoms with E-state index in [-0.39, 0.29) is 12.8 Å². The van der Waals surface area contributed by atoms with Crippen molar-refractivity contribution in [3.63, 3.8) is 0 Å². The average molecular weight is 500 g/mol. The number of benzene rings is 1. The van der Waals surface area contributed by atoms with Crippen LogP contribution in [0, 0.1) is 5.92 Å². The van der Waals surface area contributed by atoms with E-state index < -0.39 is 29.5 Å². The molecule has 1 unspecified atom stereocenters. The number of rotatable bonds is 4. The van der Waals surface area contributed by atoms with Gasteiger partial charge in [0.05, 0.1) is 17.0 Å². The van der Waals surface area contributed by atoms with Gasteiger partial charge < -0.3 is 10.6 Å². The molecule has 3 aromatic rings. The number of carbonyl (C=O) groups excluding carboxylic acids is 2. The Hall–Kier alpha value is -2.73. The summed E-state index contributed by atoms with van der Waals surface area (Å²) in [5.74, 6) is -1.15. The first-order valence-corrected chi connectivity index (χ1v) is 10.3. The Balaban J connectivity index is 1.49. The van der Waals surface area contributed by atoms with Crippen molar-refractivity contribution in [3.05, 3.63) is 45.5 Å². The SMILES string of the molecule is O=C(CC1Cc2cc(C(F)(F)F)ccc2NC1=O)Nc1scc(Br)c1-c1ncn[nH]1. The number of thiophene rings is 1. The molecule has 0 saturated heterocycles. The van der Waals surface area contributed by atoms with Crippen LogP contribution in [0.2, 0.25) is 0 Å². The summed E-state index contributed by atoms with van der Waals surface area (Å²) >= 11 is 4.66. The van der Waals surface area contributed by atoms with Crippen molar-refractivity contribution in [2.24, 2.45) is 5.92 Å². The summed E-state index contributed by atoms with van der Waals surface area (Å²) in [5.41, 5.74) is 0.516. The Kier molecular flexibility index (Phi) is 5.36. The van der Waals surface area contributed by atoms with Crippen LogP contribution in [0.15, 0.2) is 34.4 Å². The Morgan fingerprint density at radius 2 is 2.17 bits per heavy atom. The molecule has 0 spiro atoms. The van der Waals surface area contributed by atoms with Crippen LogP contribution in [0.3, 0.4) is 0 Å². The summed E-state index contributed by atoms with van der Waals surface area (Å²) in [6.07, 6.45) is -3.27. The van der Waals surface area contributed by atoms with Gasteiger partial charge in [0.2, 0.25) is 11.8 Å². The molecule has 0 saturated carbocycles. The second-order valence-corrected chi connectivity index (χ2v) is 8.37. The zero-order chi connectivity index (χ0) is 21.5. The molecule has 2 amide bonds. The first-order chi connectivity index (χ1) is 14.2. The molecule has 3 heterocycles. The van der Waals surface area contributed by atoms with E-state index in [0.29, 0.717) is 32.1 Å². The topological polar surface area (TPSA) is 99.8 Å². The van der Waals surface area contributed by atoms with Crippen LogP contribution in [0.5, 0.6) is 0 Å². The fourth-order valence-corrected chi connectivity index (χ4v) is 4.83. The van der Waals surface area contributed by atoms with Gasteiger partial charge in [-0.1, -0.05) is 0 Å². The predicted octanol–water partition coefficient (Wildman–Crippen LogP) is 4.45. The number of nitrogens with zero attached hydrogens (tertiary/aromatic N) is 2. The summed E-state index contributed by atoms with van der Waals surface area (Å²) in [4.78, 5) is 29.0. The summed E-state index contributed by atoms with van der Waals surface area (Å²) in [6, 6.07) is 3.17. The third-order valence-corrected chi connectivity index (χ3v) is 6.43. The summed E-state index contributed by atoms with van der Waals surface area (Å²) in [7, 11) is 0. The van der Waals surface area contributed by atoms with Gasteiger partial charge in [0.15, 0.2) is 5.82 Å². The van der Waals surface area contributed by atoms with Gasteiger partial charge in [0.25, 0.3) is 0 Å². The van der Waals surface area contributed by atoms with Crippen LogP contribution in [-0.4, -0.2) is 27.0 Å². The Morgan fingerprint density at radius 3 is 2.87 bits per heavy atom. The Labute approximate surface area is 180 Å². The lowest BCUT2D eigenvalue weighted by atomic mass is 9.89. The van der Waals surface area contributed by atoms with Gasteiger partial charge in [0.1, 0.15) is 11.3 Å². The molecular weight excluding hydrogens is 487 g/mol. The number of alkyl halides is 3. The summed E-state index contributed by atoms with van der Waals surface area (Å²) < 4.78 is 39.6. The van der Waals surface area contributed by atoms with Crippen molar-refractivity contribution in [1.29, 1.82) is 0 Å². The van der Waals surface area contributed by atoms with Crippen molar-refractivity contribution in [2.45, 2.75) is 19.0 Å². The first kappa shape index (κ1) is 20.5. The van der Waals surface area contributed by atoms with Gasteiger partial charge in [-0.25, -0.2) is 4.98 Å². The molecule has 1 aliphatic heterocycles. The van der Waals surface area contributed by atoms with Gasteiger partial charge >= 0.3 is 6.18 Å². The van der Waals surface area contributed by atoms with Gasteiger partial charge in [-0.15, -0.1) is 11.3 Å². The normalized spacial score (nSPS) is 16.1. The van der Waals surface area contributed by atoms with Crippen molar-refractivity contribution in [3.8, 4) is 11.4 Å².